The second kappa shape index (κ2) is 92.1. The average Bonchev–Trinajstić information content (AvgIpc) is 0. The summed E-state index contributed by atoms with van der Waals surface area (Å²) in [4.78, 5) is 0. The summed E-state index contributed by atoms with van der Waals surface area (Å²) in [6, 6.07) is 0. The van der Waals surface area contributed by atoms with Gasteiger partial charge in [0.2, 0.25) is 0 Å². The zero-order valence-electron chi connectivity index (χ0n) is 2.79. The van der Waals surface area contributed by atoms with Crippen molar-refractivity contribution in [2.24, 2.45) is 0 Å². The molecule has 36 valence electrons. The third-order valence-electron chi connectivity index (χ3n) is 0. The molecule has 0 bridgehead atoms. The van der Waals surface area contributed by atoms with Crippen LogP contribution in [0.15, 0.2) is 0 Å². The van der Waals surface area contributed by atoms with Crippen molar-refractivity contribution in [3.05, 3.63) is 0 Å². The van der Waals surface area contributed by atoms with Crippen molar-refractivity contribution in [2.45, 2.75) is 0 Å². The molecular formula is H4O4TiZr. The predicted octanol–water partition coefficient (Wildman–Crippen LogP) is -0.712. The molecule has 0 unspecified atom stereocenters. The van der Waals surface area contributed by atoms with E-state index in [1.165, 1.54) is 0 Å². The molecular weight excluding hydrogens is 203 g/mol. The van der Waals surface area contributed by atoms with Gasteiger partial charge >= 0.3 is 21.7 Å². The van der Waals surface area contributed by atoms with Crippen LogP contribution in [0.1, 0.15) is 0 Å². The first-order valence-corrected chi connectivity index (χ1v) is 0. The minimum Gasteiger partial charge on any atom is -0.870 e. The molecule has 0 amide bonds. The van der Waals surface area contributed by atoms with Crippen molar-refractivity contribution in [1.29, 1.82) is 0 Å². The molecule has 0 aliphatic rings. The van der Waals surface area contributed by atoms with Crippen molar-refractivity contribution in [3.63, 3.8) is 0 Å². The van der Waals surface area contributed by atoms with Crippen LogP contribution in [0.4, 0.5) is 0 Å². The normalized spacial score (nSPS) is 0. The van der Waals surface area contributed by atoms with Crippen molar-refractivity contribution in [2.75, 3.05) is 0 Å². The third kappa shape index (κ3) is 51.8. The molecule has 4 nitrogen and oxygen atoms in total. The Kier molecular flexibility index (Phi) is 2290. The molecule has 0 atom stereocenters. The molecule has 4 N–H and O–H groups in total. The Morgan fingerprint density at radius 2 is 0.500 bits per heavy atom. The molecule has 0 rings (SSSR count). The Labute approximate surface area is 69.5 Å². The fraction of sp³-hybridized carbons (Fsp3) is 0. The van der Waals surface area contributed by atoms with Gasteiger partial charge in [-0.25, -0.2) is 0 Å². The first kappa shape index (κ1) is 149. The molecule has 0 aromatic carbocycles. The largest absolute Gasteiger partial charge is 4.00 e. The van der Waals surface area contributed by atoms with E-state index in [0.717, 1.165) is 0 Å². The maximum absolute atomic E-state index is 0. The van der Waals surface area contributed by atoms with Gasteiger partial charge in [-0.1, -0.05) is 0 Å². The van der Waals surface area contributed by atoms with Gasteiger partial charge in [-0.2, -0.15) is 0 Å². The van der Waals surface area contributed by atoms with Crippen LogP contribution < -0.4 is 0 Å². The smallest absolute Gasteiger partial charge is 0.870 e. The quantitative estimate of drug-likeness (QED) is 0.487. The van der Waals surface area contributed by atoms with Crippen LogP contribution in [0.5, 0.6) is 0 Å². The Balaban J connectivity index is 0. The molecule has 0 aliphatic heterocycles. The topological polar surface area (TPSA) is 120 Å². The van der Waals surface area contributed by atoms with E-state index in [1.807, 2.05) is 0 Å². The monoisotopic (exact) mass is 206 g/mol. The second-order valence-corrected chi connectivity index (χ2v) is 0. The fourth-order valence-electron chi connectivity index (χ4n) is 0. The molecule has 0 aromatic heterocycles. The molecule has 0 saturated carbocycles. The Morgan fingerprint density at radius 3 is 0.500 bits per heavy atom. The number of rotatable bonds is 0. The molecule has 0 aromatic rings. The van der Waals surface area contributed by atoms with Crippen LogP contribution in [-0.4, -0.2) is 21.9 Å². The van der Waals surface area contributed by atoms with Crippen molar-refractivity contribution in [1.82, 2.24) is 0 Å². The third-order valence-corrected chi connectivity index (χ3v) is 0. The van der Waals surface area contributed by atoms with Crippen molar-refractivity contribution in [3.8, 4) is 0 Å². The summed E-state index contributed by atoms with van der Waals surface area (Å²) in [6.07, 6.45) is 0. The van der Waals surface area contributed by atoms with Gasteiger partial charge in [-0.3, -0.25) is 0 Å². The van der Waals surface area contributed by atoms with Gasteiger partial charge in [-0.05, 0) is 0 Å². The van der Waals surface area contributed by atoms with Crippen molar-refractivity contribution >= 4 is 0 Å². The van der Waals surface area contributed by atoms with E-state index in [2.05, 4.69) is 0 Å². The molecule has 0 fully saturated rings. The summed E-state index contributed by atoms with van der Waals surface area (Å²) in [6.45, 7) is 0. The summed E-state index contributed by atoms with van der Waals surface area (Å²) in [5, 5.41) is 0. The average molecular weight is 207 g/mol. The van der Waals surface area contributed by atoms with Crippen LogP contribution in [0.2, 0.25) is 0 Å². The molecule has 0 saturated heterocycles. The minimum atomic E-state index is 0. The fourth-order valence-corrected chi connectivity index (χ4v) is 0. The Bertz CT molecular complexity index is 7.51. The van der Waals surface area contributed by atoms with E-state index in [9.17, 15) is 0 Å². The van der Waals surface area contributed by atoms with E-state index in [-0.39, 0.29) is 69.8 Å². The predicted molar refractivity (Wildman–Crippen MR) is 7.74 cm³/mol. The van der Waals surface area contributed by atoms with Gasteiger partial charge in [0, 0.05) is 26.2 Å². The number of hydrogen-bond acceptors (Lipinski definition) is 4. The summed E-state index contributed by atoms with van der Waals surface area (Å²) >= 11 is 0. The maximum Gasteiger partial charge on any atom is 4.00 e. The Hall–Kier alpha value is 1.44. The van der Waals surface area contributed by atoms with E-state index in [1.54, 1.807) is 0 Å². The van der Waals surface area contributed by atoms with Gasteiger partial charge in [0.15, 0.2) is 0 Å². The molecule has 0 spiro atoms. The van der Waals surface area contributed by atoms with Gasteiger partial charge in [-0.15, -0.1) is 0 Å². The van der Waals surface area contributed by atoms with E-state index in [4.69, 9.17) is 0 Å². The van der Waals surface area contributed by atoms with Crippen LogP contribution in [0.3, 0.4) is 0 Å². The zero-order chi connectivity index (χ0) is 0. The molecule has 0 heterocycles. The summed E-state index contributed by atoms with van der Waals surface area (Å²) in [5.41, 5.74) is 0. The zero-order valence-corrected chi connectivity index (χ0v) is 6.81. The van der Waals surface area contributed by atoms with E-state index >= 15 is 0 Å². The van der Waals surface area contributed by atoms with Crippen molar-refractivity contribution < 1.29 is 69.8 Å². The van der Waals surface area contributed by atoms with Gasteiger partial charge in [0.25, 0.3) is 0 Å². The van der Waals surface area contributed by atoms with E-state index in [0.29, 0.717) is 0 Å². The summed E-state index contributed by atoms with van der Waals surface area (Å²) in [5.74, 6) is 0. The molecule has 0 radical (unpaired) electrons. The van der Waals surface area contributed by atoms with Gasteiger partial charge in [0.05, 0.1) is 0 Å². The second-order valence-electron chi connectivity index (χ2n) is 0. The standard InChI is InChI=1S/4H2O.Ti.Zr/h4*1H2;;/q;;;;+4;/p-4. The Morgan fingerprint density at radius 1 is 0.500 bits per heavy atom. The van der Waals surface area contributed by atoms with Crippen LogP contribution >= 0.6 is 0 Å². The summed E-state index contributed by atoms with van der Waals surface area (Å²) in [7, 11) is 0. The molecule has 6 heavy (non-hydrogen) atoms. The summed E-state index contributed by atoms with van der Waals surface area (Å²) < 4.78 is 0. The molecule has 0 aliphatic carbocycles. The van der Waals surface area contributed by atoms with Crippen LogP contribution in [0.25, 0.3) is 0 Å². The van der Waals surface area contributed by atoms with E-state index < -0.39 is 0 Å². The first-order chi connectivity index (χ1) is 0. The van der Waals surface area contributed by atoms with Gasteiger partial charge < -0.3 is 21.9 Å². The molecule has 6 heteroatoms. The first-order valence-electron chi connectivity index (χ1n) is 0. The van der Waals surface area contributed by atoms with Gasteiger partial charge in [0.1, 0.15) is 0 Å². The number of hydrogen-bond donors (Lipinski definition) is 0. The van der Waals surface area contributed by atoms with Crippen LogP contribution in [-0.2, 0) is 47.9 Å². The minimum absolute atomic E-state index is 0. The SMILES string of the molecule is [OH-].[OH-].[OH-].[OH-].[Ti+4].[Zr]. The maximum atomic E-state index is 0. The van der Waals surface area contributed by atoms with Crippen LogP contribution in [0, 0.1) is 0 Å².